The lowest BCUT2D eigenvalue weighted by Gasteiger charge is -2.44. The van der Waals surface area contributed by atoms with Crippen molar-refractivity contribution in [2.24, 2.45) is 5.92 Å². The normalized spacial score (nSPS) is 30.0. The summed E-state index contributed by atoms with van der Waals surface area (Å²) >= 11 is 0. The molecule has 1 aromatic rings. The van der Waals surface area contributed by atoms with E-state index in [-0.39, 0.29) is 0 Å². The molecule has 0 spiro atoms. The standard InChI is InChI=1S/C20H30N4O/c25-20(23-10-3-5-15-4-1-2-6-18(15)23)13-22-11-9-19-17(12-22)21-14-24(19)16-7-8-16/h14-16,18H,1-13H2/t15-,18-/m1/s1. The molecule has 2 saturated carbocycles. The first-order valence-electron chi connectivity index (χ1n) is 10.4. The Morgan fingerprint density at radius 1 is 1.08 bits per heavy atom. The number of hydrogen-bond donors (Lipinski definition) is 0. The number of piperidine rings is 1. The molecule has 5 nitrogen and oxygen atoms in total. The second kappa shape index (κ2) is 6.42. The number of likely N-dealkylation sites (tertiary alicyclic amines) is 1. The summed E-state index contributed by atoms with van der Waals surface area (Å²) in [7, 11) is 0. The summed E-state index contributed by atoms with van der Waals surface area (Å²) in [6.45, 7) is 3.41. The fourth-order valence-electron chi connectivity index (χ4n) is 5.40. The van der Waals surface area contributed by atoms with E-state index < -0.39 is 0 Å². The van der Waals surface area contributed by atoms with Crippen LogP contribution in [0.5, 0.6) is 0 Å². The third-order valence-corrected chi connectivity index (χ3v) is 6.88. The zero-order valence-electron chi connectivity index (χ0n) is 15.2. The van der Waals surface area contributed by atoms with Gasteiger partial charge in [0.15, 0.2) is 0 Å². The molecule has 136 valence electrons. The fraction of sp³-hybridized carbons (Fsp3) is 0.800. The van der Waals surface area contributed by atoms with Crippen LogP contribution in [0.15, 0.2) is 6.33 Å². The van der Waals surface area contributed by atoms with Gasteiger partial charge in [0.2, 0.25) is 5.91 Å². The Morgan fingerprint density at radius 2 is 1.92 bits per heavy atom. The van der Waals surface area contributed by atoms with Gasteiger partial charge in [-0.25, -0.2) is 4.98 Å². The van der Waals surface area contributed by atoms with Crippen molar-refractivity contribution < 1.29 is 4.79 Å². The van der Waals surface area contributed by atoms with Gasteiger partial charge in [-0.2, -0.15) is 0 Å². The molecule has 5 heteroatoms. The minimum Gasteiger partial charge on any atom is -0.338 e. The molecule has 1 aromatic heterocycles. The monoisotopic (exact) mass is 342 g/mol. The van der Waals surface area contributed by atoms with Crippen LogP contribution < -0.4 is 0 Å². The lowest BCUT2D eigenvalue weighted by molar-refractivity contribution is -0.139. The van der Waals surface area contributed by atoms with Crippen molar-refractivity contribution in [1.82, 2.24) is 19.4 Å². The van der Waals surface area contributed by atoms with Gasteiger partial charge in [-0.1, -0.05) is 12.8 Å². The zero-order valence-corrected chi connectivity index (χ0v) is 15.2. The number of carbonyl (C=O) groups is 1. The quantitative estimate of drug-likeness (QED) is 0.848. The first kappa shape index (κ1) is 15.9. The highest BCUT2D eigenvalue weighted by Gasteiger charge is 2.36. The summed E-state index contributed by atoms with van der Waals surface area (Å²) in [5, 5.41) is 0. The SMILES string of the molecule is O=C(CN1CCc2c(ncn2C2CC2)C1)N1CCC[C@H]2CCCC[C@H]21. The van der Waals surface area contributed by atoms with Gasteiger partial charge in [-0.05, 0) is 44.4 Å². The maximum Gasteiger partial charge on any atom is 0.237 e. The number of hydrogen-bond acceptors (Lipinski definition) is 3. The van der Waals surface area contributed by atoms with Crippen LogP contribution in [0.25, 0.3) is 0 Å². The van der Waals surface area contributed by atoms with Gasteiger partial charge in [-0.15, -0.1) is 0 Å². The van der Waals surface area contributed by atoms with Crippen molar-refractivity contribution in [1.29, 1.82) is 0 Å². The van der Waals surface area contributed by atoms with E-state index >= 15 is 0 Å². The Labute approximate surface area is 150 Å². The lowest BCUT2D eigenvalue weighted by atomic mass is 9.78. The molecule has 0 bridgehead atoms. The molecule has 3 fully saturated rings. The third-order valence-electron chi connectivity index (χ3n) is 6.88. The number of fused-ring (bicyclic) bond motifs is 2. The van der Waals surface area contributed by atoms with Crippen molar-refractivity contribution in [3.05, 3.63) is 17.7 Å². The van der Waals surface area contributed by atoms with E-state index in [4.69, 9.17) is 0 Å². The zero-order chi connectivity index (χ0) is 16.8. The second-order valence-electron chi connectivity index (χ2n) is 8.58. The number of carbonyl (C=O) groups excluding carboxylic acids is 1. The largest absolute Gasteiger partial charge is 0.338 e. The second-order valence-corrected chi connectivity index (χ2v) is 8.58. The summed E-state index contributed by atoms with van der Waals surface area (Å²) in [5.74, 6) is 1.13. The number of rotatable bonds is 3. The van der Waals surface area contributed by atoms with Crippen molar-refractivity contribution >= 4 is 5.91 Å². The molecule has 2 atom stereocenters. The average molecular weight is 342 g/mol. The highest BCUT2D eigenvalue weighted by atomic mass is 16.2. The molecule has 2 aliphatic heterocycles. The van der Waals surface area contributed by atoms with Crippen LogP contribution in [-0.2, 0) is 17.8 Å². The van der Waals surface area contributed by atoms with E-state index in [1.54, 1.807) is 0 Å². The third kappa shape index (κ3) is 3.01. The number of imidazole rings is 1. The summed E-state index contributed by atoms with van der Waals surface area (Å²) in [6, 6.07) is 1.24. The summed E-state index contributed by atoms with van der Waals surface area (Å²) in [5.41, 5.74) is 2.64. The highest BCUT2D eigenvalue weighted by molar-refractivity contribution is 5.78. The Kier molecular flexibility index (Phi) is 4.07. The molecular formula is C20H30N4O. The molecule has 0 unspecified atom stereocenters. The van der Waals surface area contributed by atoms with Crippen LogP contribution in [0.2, 0.25) is 0 Å². The lowest BCUT2D eigenvalue weighted by Crippen LogP contribution is -2.52. The van der Waals surface area contributed by atoms with E-state index in [0.29, 0.717) is 24.5 Å². The first-order valence-corrected chi connectivity index (χ1v) is 10.4. The van der Waals surface area contributed by atoms with E-state index in [2.05, 4.69) is 19.4 Å². The van der Waals surface area contributed by atoms with Crippen LogP contribution in [0.3, 0.4) is 0 Å². The van der Waals surface area contributed by atoms with Gasteiger partial charge in [0.1, 0.15) is 0 Å². The Bertz CT molecular complexity index is 648. The predicted octanol–water partition coefficient (Wildman–Crippen LogP) is 2.76. The molecule has 0 aromatic carbocycles. The van der Waals surface area contributed by atoms with Gasteiger partial charge in [0.25, 0.3) is 0 Å². The van der Waals surface area contributed by atoms with Gasteiger partial charge in [-0.3, -0.25) is 9.69 Å². The highest BCUT2D eigenvalue weighted by Crippen LogP contribution is 2.38. The molecular weight excluding hydrogens is 312 g/mol. The van der Waals surface area contributed by atoms with Crippen LogP contribution in [0.1, 0.15) is 68.8 Å². The fourth-order valence-corrected chi connectivity index (χ4v) is 5.40. The minimum absolute atomic E-state index is 0.363. The molecule has 5 rings (SSSR count). The predicted molar refractivity (Wildman–Crippen MR) is 96.2 cm³/mol. The summed E-state index contributed by atoms with van der Waals surface area (Å²) < 4.78 is 2.39. The molecule has 0 radical (unpaired) electrons. The summed E-state index contributed by atoms with van der Waals surface area (Å²) in [6.07, 6.45) is 13.5. The molecule has 1 amide bonds. The van der Waals surface area contributed by atoms with E-state index in [1.807, 2.05) is 6.33 Å². The Balaban J connectivity index is 1.23. The van der Waals surface area contributed by atoms with Crippen molar-refractivity contribution in [3.8, 4) is 0 Å². The van der Waals surface area contributed by atoms with Gasteiger partial charge in [0, 0.05) is 43.8 Å². The minimum atomic E-state index is 0.363. The van der Waals surface area contributed by atoms with Crippen molar-refractivity contribution in [2.45, 2.75) is 76.4 Å². The van der Waals surface area contributed by atoms with Gasteiger partial charge in [0.05, 0.1) is 18.6 Å². The van der Waals surface area contributed by atoms with Crippen LogP contribution in [0.4, 0.5) is 0 Å². The maximum atomic E-state index is 13.0. The topological polar surface area (TPSA) is 41.4 Å². The first-order chi connectivity index (χ1) is 12.3. The molecule has 0 N–H and O–H groups in total. The van der Waals surface area contributed by atoms with E-state index in [0.717, 1.165) is 32.0 Å². The van der Waals surface area contributed by atoms with Crippen LogP contribution in [-0.4, -0.2) is 50.9 Å². The van der Waals surface area contributed by atoms with Gasteiger partial charge >= 0.3 is 0 Å². The average Bonchev–Trinajstić information content (AvgIpc) is 3.40. The maximum absolute atomic E-state index is 13.0. The Hall–Kier alpha value is -1.36. The Morgan fingerprint density at radius 3 is 2.80 bits per heavy atom. The summed E-state index contributed by atoms with van der Waals surface area (Å²) in [4.78, 5) is 22.2. The van der Waals surface area contributed by atoms with Crippen molar-refractivity contribution in [2.75, 3.05) is 19.6 Å². The smallest absolute Gasteiger partial charge is 0.237 e. The molecule has 2 aliphatic carbocycles. The number of amides is 1. The molecule has 1 saturated heterocycles. The van der Waals surface area contributed by atoms with Gasteiger partial charge < -0.3 is 9.47 Å². The van der Waals surface area contributed by atoms with E-state index in [9.17, 15) is 4.79 Å². The molecule has 25 heavy (non-hydrogen) atoms. The van der Waals surface area contributed by atoms with Crippen molar-refractivity contribution in [3.63, 3.8) is 0 Å². The molecule has 3 heterocycles. The number of nitrogens with zero attached hydrogens (tertiary/aromatic N) is 4. The van der Waals surface area contributed by atoms with Crippen LogP contribution in [0, 0.1) is 5.92 Å². The number of aromatic nitrogens is 2. The van der Waals surface area contributed by atoms with E-state index in [1.165, 1.54) is 62.8 Å². The van der Waals surface area contributed by atoms with Crippen LogP contribution >= 0.6 is 0 Å². The molecule has 4 aliphatic rings.